The molecule has 0 radical (unpaired) electrons. The number of thiazole rings is 1. The van der Waals surface area contributed by atoms with E-state index < -0.39 is 0 Å². The van der Waals surface area contributed by atoms with Crippen LogP contribution in [0.4, 0.5) is 15.6 Å². The number of hydrogen-bond donors (Lipinski definition) is 1. The number of urea groups is 1. The average Bonchev–Trinajstić information content (AvgIpc) is 3.24. The Morgan fingerprint density at radius 1 is 1.28 bits per heavy atom. The summed E-state index contributed by atoms with van der Waals surface area (Å²) in [7, 11) is 1.59. The highest BCUT2D eigenvalue weighted by molar-refractivity contribution is 7.22. The Hall–Kier alpha value is -2.72. The number of ether oxygens (including phenoxy) is 1. The summed E-state index contributed by atoms with van der Waals surface area (Å²) in [6, 6.07) is 5.37. The van der Waals surface area contributed by atoms with Gasteiger partial charge in [0.25, 0.3) is 0 Å². The fourth-order valence-electron chi connectivity index (χ4n) is 3.39. The molecule has 4 rings (SSSR count). The third-order valence-electron chi connectivity index (χ3n) is 4.96. The Morgan fingerprint density at radius 2 is 2.07 bits per heavy atom. The predicted octanol–water partition coefficient (Wildman–Crippen LogP) is 1.75. The molecule has 0 unspecified atom stereocenters. The standard InChI is InChI=1S/C19H23N5O4S/c1-22-12-17(26)24(19(22)27)6-2-3-16(25)20-13-4-5-14-15(11-13)29-18(21-14)23-7-9-28-10-8-23/h4-5,11H,2-3,6-10,12H2,1H3,(H,20,25). The van der Waals surface area contributed by atoms with E-state index in [0.717, 1.165) is 28.4 Å². The van der Waals surface area contributed by atoms with E-state index in [-0.39, 0.29) is 37.4 Å². The minimum absolute atomic E-state index is 0.104. The lowest BCUT2D eigenvalue weighted by molar-refractivity contribution is -0.125. The molecule has 0 spiro atoms. The molecule has 9 nitrogen and oxygen atoms in total. The van der Waals surface area contributed by atoms with Gasteiger partial charge in [0.1, 0.15) is 6.54 Å². The maximum Gasteiger partial charge on any atom is 0.326 e. The molecule has 2 saturated heterocycles. The molecular weight excluding hydrogens is 394 g/mol. The van der Waals surface area contributed by atoms with Gasteiger partial charge < -0.3 is 19.9 Å². The molecule has 4 amide bonds. The maximum atomic E-state index is 12.3. The van der Waals surface area contributed by atoms with Crippen LogP contribution in [0.25, 0.3) is 10.2 Å². The Kier molecular flexibility index (Phi) is 5.63. The van der Waals surface area contributed by atoms with Crippen molar-refractivity contribution in [1.29, 1.82) is 0 Å². The van der Waals surface area contributed by atoms with Gasteiger partial charge >= 0.3 is 6.03 Å². The molecule has 29 heavy (non-hydrogen) atoms. The van der Waals surface area contributed by atoms with Crippen molar-refractivity contribution < 1.29 is 19.1 Å². The molecule has 3 heterocycles. The molecule has 2 aliphatic rings. The molecule has 154 valence electrons. The summed E-state index contributed by atoms with van der Waals surface area (Å²) >= 11 is 1.60. The van der Waals surface area contributed by atoms with Crippen molar-refractivity contribution in [2.45, 2.75) is 12.8 Å². The van der Waals surface area contributed by atoms with Crippen LogP contribution in [-0.4, -0.2) is 79.1 Å². The van der Waals surface area contributed by atoms with E-state index in [4.69, 9.17) is 4.74 Å². The van der Waals surface area contributed by atoms with E-state index in [9.17, 15) is 14.4 Å². The number of nitrogens with zero attached hydrogens (tertiary/aromatic N) is 4. The molecule has 0 bridgehead atoms. The minimum atomic E-state index is -0.304. The van der Waals surface area contributed by atoms with Gasteiger partial charge in [-0.15, -0.1) is 0 Å². The van der Waals surface area contributed by atoms with Gasteiger partial charge in [-0.3, -0.25) is 14.5 Å². The monoisotopic (exact) mass is 417 g/mol. The molecule has 1 N–H and O–H groups in total. The smallest absolute Gasteiger partial charge is 0.326 e. The van der Waals surface area contributed by atoms with Crippen LogP contribution in [0.2, 0.25) is 0 Å². The maximum absolute atomic E-state index is 12.3. The van der Waals surface area contributed by atoms with E-state index in [1.807, 2.05) is 18.2 Å². The van der Waals surface area contributed by atoms with Crippen LogP contribution >= 0.6 is 11.3 Å². The number of anilines is 2. The lowest BCUT2D eigenvalue weighted by Crippen LogP contribution is -2.36. The molecule has 10 heteroatoms. The topological polar surface area (TPSA) is 95.1 Å². The largest absolute Gasteiger partial charge is 0.378 e. The number of morpholine rings is 1. The van der Waals surface area contributed by atoms with E-state index in [1.165, 1.54) is 9.80 Å². The third-order valence-corrected chi connectivity index (χ3v) is 6.04. The first kappa shape index (κ1) is 19.6. The number of nitrogens with one attached hydrogen (secondary N) is 1. The van der Waals surface area contributed by atoms with Crippen LogP contribution in [0.15, 0.2) is 18.2 Å². The number of amides is 4. The second-order valence-corrected chi connectivity index (χ2v) is 8.12. The average molecular weight is 417 g/mol. The van der Waals surface area contributed by atoms with Crippen molar-refractivity contribution in [3.8, 4) is 0 Å². The highest BCUT2D eigenvalue weighted by atomic mass is 32.1. The van der Waals surface area contributed by atoms with Crippen LogP contribution in [0.3, 0.4) is 0 Å². The number of benzene rings is 1. The SMILES string of the molecule is CN1CC(=O)N(CCCC(=O)Nc2ccc3nc(N4CCOCC4)sc3c2)C1=O. The zero-order valence-corrected chi connectivity index (χ0v) is 17.0. The molecule has 2 fully saturated rings. The summed E-state index contributed by atoms with van der Waals surface area (Å²) < 4.78 is 6.40. The van der Waals surface area contributed by atoms with E-state index in [0.29, 0.717) is 25.3 Å². The Bertz CT molecular complexity index is 940. The van der Waals surface area contributed by atoms with Crippen molar-refractivity contribution in [1.82, 2.24) is 14.8 Å². The summed E-state index contributed by atoms with van der Waals surface area (Å²) in [5, 5.41) is 3.86. The number of carbonyl (C=O) groups excluding carboxylic acids is 3. The Balaban J connectivity index is 1.32. The highest BCUT2D eigenvalue weighted by Crippen LogP contribution is 2.31. The Labute approximate surface area is 172 Å². The van der Waals surface area contributed by atoms with Crippen molar-refractivity contribution in [3.63, 3.8) is 0 Å². The van der Waals surface area contributed by atoms with E-state index >= 15 is 0 Å². The molecule has 2 aromatic rings. The summed E-state index contributed by atoms with van der Waals surface area (Å²) in [5.74, 6) is -0.362. The molecule has 2 aliphatic heterocycles. The van der Waals surface area contributed by atoms with Crippen LogP contribution in [0, 0.1) is 0 Å². The van der Waals surface area contributed by atoms with Crippen molar-refractivity contribution in [3.05, 3.63) is 18.2 Å². The number of rotatable bonds is 6. The van der Waals surface area contributed by atoms with Crippen molar-refractivity contribution in [2.24, 2.45) is 0 Å². The van der Waals surface area contributed by atoms with Crippen molar-refractivity contribution in [2.75, 3.05) is 56.7 Å². The minimum Gasteiger partial charge on any atom is -0.378 e. The van der Waals surface area contributed by atoms with Gasteiger partial charge in [-0.1, -0.05) is 11.3 Å². The van der Waals surface area contributed by atoms with Crippen LogP contribution in [0.5, 0.6) is 0 Å². The lowest BCUT2D eigenvalue weighted by Gasteiger charge is -2.25. The predicted molar refractivity (Wildman–Crippen MR) is 110 cm³/mol. The fraction of sp³-hybridized carbons (Fsp3) is 0.474. The molecule has 0 atom stereocenters. The second-order valence-electron chi connectivity index (χ2n) is 7.11. The number of fused-ring (bicyclic) bond motifs is 1. The normalized spacial score (nSPS) is 17.5. The van der Waals surface area contributed by atoms with E-state index in [1.54, 1.807) is 18.4 Å². The zero-order valence-electron chi connectivity index (χ0n) is 16.2. The van der Waals surface area contributed by atoms with Gasteiger partial charge in [-0.2, -0.15) is 0 Å². The van der Waals surface area contributed by atoms with Crippen LogP contribution in [-0.2, 0) is 14.3 Å². The quantitative estimate of drug-likeness (QED) is 0.720. The summed E-state index contributed by atoms with van der Waals surface area (Å²) in [6.45, 7) is 3.45. The van der Waals surface area contributed by atoms with E-state index in [2.05, 4.69) is 15.2 Å². The van der Waals surface area contributed by atoms with Crippen LogP contribution in [0.1, 0.15) is 12.8 Å². The van der Waals surface area contributed by atoms with Gasteiger partial charge in [0.15, 0.2) is 5.13 Å². The number of aromatic nitrogens is 1. The second kappa shape index (κ2) is 8.34. The molecular formula is C19H23N5O4S. The first-order valence-electron chi connectivity index (χ1n) is 9.60. The first-order chi connectivity index (χ1) is 14.0. The first-order valence-corrected chi connectivity index (χ1v) is 10.4. The zero-order chi connectivity index (χ0) is 20.4. The lowest BCUT2D eigenvalue weighted by atomic mass is 10.2. The fourth-order valence-corrected chi connectivity index (χ4v) is 4.45. The van der Waals surface area contributed by atoms with Gasteiger partial charge in [-0.05, 0) is 24.6 Å². The van der Waals surface area contributed by atoms with Crippen LogP contribution < -0.4 is 10.2 Å². The number of imide groups is 1. The van der Waals surface area contributed by atoms with Gasteiger partial charge in [0.05, 0.1) is 23.4 Å². The van der Waals surface area contributed by atoms with Gasteiger partial charge in [0, 0.05) is 38.8 Å². The number of carbonyl (C=O) groups is 3. The number of hydrogen-bond acceptors (Lipinski definition) is 7. The molecule has 0 saturated carbocycles. The summed E-state index contributed by atoms with van der Waals surface area (Å²) in [6.07, 6.45) is 0.668. The third kappa shape index (κ3) is 4.33. The molecule has 1 aromatic heterocycles. The Morgan fingerprint density at radius 3 is 2.79 bits per heavy atom. The summed E-state index contributed by atoms with van der Waals surface area (Å²) in [5.41, 5.74) is 1.62. The number of likely N-dealkylation sites (N-methyl/N-ethyl adjacent to an activating group) is 1. The molecule has 1 aromatic carbocycles. The highest BCUT2D eigenvalue weighted by Gasteiger charge is 2.32. The van der Waals surface area contributed by atoms with Gasteiger partial charge in [-0.25, -0.2) is 9.78 Å². The summed E-state index contributed by atoms with van der Waals surface area (Å²) in [4.78, 5) is 45.3. The van der Waals surface area contributed by atoms with Crippen molar-refractivity contribution >= 4 is 50.2 Å². The molecule has 0 aliphatic carbocycles. The van der Waals surface area contributed by atoms with Gasteiger partial charge in [0.2, 0.25) is 11.8 Å².